The maximum Gasteiger partial charge on any atom is 0.196 e. The quantitative estimate of drug-likeness (QED) is 0.0932. The first kappa shape index (κ1) is 72.1. The highest BCUT2D eigenvalue weighted by Crippen LogP contribution is 2.46. The zero-order valence-electron chi connectivity index (χ0n) is 63.3. The standard InChI is InChI=1S/C104H54N16/c1-110-78-33-39-83(76(50-78)61-108)72-30-44-96-89(53-72)88-52-71(82-37-27-63(58-105)47-75(82)60-107)29-43-95(88)119(96)80-35-41-85(92(56-80)103-115-99(65-17-8-4-9-18-65)113-100(116-103)66-19-10-5-11-20-66)69-25-16-26-70(49-69)86-42-36-81(57-93(86)104-117-101(67-21-12-6-13-22-67)114-102(118-104)68-23-14-7-15-24-68)120-97-45-31-73(84-40-34-79(111-2)51-77(84)62-109)54-90(97)91-55-74(32-46-98(91)120)87-38-28-64(59-106)48-94(87)112-3/h4-57H. The van der Waals surface area contributed by atoms with E-state index in [4.69, 9.17) is 49.6 Å². The van der Waals surface area contributed by atoms with Gasteiger partial charge in [-0.2, -0.15) is 26.3 Å². The Morgan fingerprint density at radius 2 is 0.533 bits per heavy atom. The van der Waals surface area contributed by atoms with Crippen molar-refractivity contribution in [3.05, 3.63) is 390 Å². The summed E-state index contributed by atoms with van der Waals surface area (Å²) in [4.78, 5) is 43.2. The fourth-order valence-electron chi connectivity index (χ4n) is 16.0. The molecule has 0 aliphatic rings. The van der Waals surface area contributed by atoms with Gasteiger partial charge in [0.25, 0.3) is 0 Å². The number of hydrogen-bond donors (Lipinski definition) is 0. The third-order valence-electron chi connectivity index (χ3n) is 21.7. The average Bonchev–Trinajstić information content (AvgIpc) is 1.57. The predicted molar refractivity (Wildman–Crippen MR) is 469 cm³/mol. The summed E-state index contributed by atoms with van der Waals surface area (Å²) >= 11 is 0. The van der Waals surface area contributed by atoms with Crippen LogP contribution in [0.3, 0.4) is 0 Å². The van der Waals surface area contributed by atoms with Crippen LogP contribution in [-0.4, -0.2) is 39.0 Å². The first-order valence-electron chi connectivity index (χ1n) is 38.1. The van der Waals surface area contributed by atoms with Crippen LogP contribution in [0.15, 0.2) is 328 Å². The summed E-state index contributed by atoms with van der Waals surface area (Å²) in [5, 5.41) is 54.9. The molecule has 0 unspecified atom stereocenters. The second-order valence-electron chi connectivity index (χ2n) is 28.6. The number of fused-ring (bicyclic) bond motifs is 6. The third-order valence-corrected chi connectivity index (χ3v) is 21.7. The molecule has 16 heteroatoms. The molecule has 0 spiro atoms. The molecule has 4 heterocycles. The number of nitriles is 5. The van der Waals surface area contributed by atoms with Crippen molar-refractivity contribution < 1.29 is 0 Å². The van der Waals surface area contributed by atoms with E-state index >= 15 is 0 Å². The molecule has 19 aromatic rings. The maximum absolute atomic E-state index is 10.6. The SMILES string of the molecule is [C-]#[N+]c1ccc(-c2ccc3c(c2)c2cc(-c4ccc(C#N)cc4C#N)ccc2n3-c2ccc(-c3cccc(-c4ccc(-n5c6ccc(-c7ccc([N+]#[C-])cc7C#N)cc6c6cc(-c7ccc(C#N)cc7[N+]#[C-])ccc65)cc4-c4nc(-c5ccccc5)nc(-c5ccccc5)n4)c3)c(-c3nc(-c4ccccc4)nc(-c4ccccc4)n3)c2)c(C#N)c1. The van der Waals surface area contributed by atoms with Gasteiger partial charge in [0.1, 0.15) is 0 Å². The van der Waals surface area contributed by atoms with Crippen molar-refractivity contribution in [3.63, 3.8) is 0 Å². The van der Waals surface area contributed by atoms with Crippen LogP contribution in [-0.2, 0) is 0 Å². The molecule has 0 saturated heterocycles. The number of hydrogen-bond acceptors (Lipinski definition) is 11. The minimum Gasteiger partial charge on any atom is -0.309 e. The molecule has 0 aliphatic carbocycles. The van der Waals surface area contributed by atoms with E-state index in [1.54, 1.807) is 54.6 Å². The molecule has 19 rings (SSSR count). The number of benzene rings is 15. The van der Waals surface area contributed by atoms with Crippen molar-refractivity contribution in [2.75, 3.05) is 0 Å². The third kappa shape index (κ3) is 13.0. The molecule has 0 radical (unpaired) electrons. The van der Waals surface area contributed by atoms with Crippen LogP contribution in [0.25, 0.3) is 205 Å². The van der Waals surface area contributed by atoms with E-state index in [2.05, 4.69) is 133 Å². The lowest BCUT2D eigenvalue weighted by Crippen LogP contribution is -2.03. The van der Waals surface area contributed by atoms with Gasteiger partial charge in [-0.25, -0.2) is 44.4 Å². The Bertz CT molecular complexity index is 7040. The number of aromatic nitrogens is 8. The van der Waals surface area contributed by atoms with E-state index in [0.29, 0.717) is 113 Å². The van der Waals surface area contributed by atoms with Crippen molar-refractivity contribution >= 4 is 60.7 Å². The Balaban J connectivity index is 0.849. The fraction of sp³-hybridized carbons (Fsp3) is 0. The Labute approximate surface area is 688 Å². The number of nitrogens with zero attached hydrogens (tertiary/aromatic N) is 16. The highest BCUT2D eigenvalue weighted by molar-refractivity contribution is 6.14. The lowest BCUT2D eigenvalue weighted by molar-refractivity contribution is 1.07. The van der Waals surface area contributed by atoms with Crippen molar-refractivity contribution in [1.29, 1.82) is 26.3 Å². The molecule has 0 bridgehead atoms. The zero-order chi connectivity index (χ0) is 81.5. The van der Waals surface area contributed by atoms with E-state index in [-0.39, 0.29) is 0 Å². The summed E-state index contributed by atoms with van der Waals surface area (Å²) < 4.78 is 4.40. The molecule has 16 nitrogen and oxygen atoms in total. The first-order valence-corrected chi connectivity index (χ1v) is 38.1. The molecule has 4 aromatic heterocycles. The Morgan fingerprint density at radius 1 is 0.225 bits per heavy atom. The topological polar surface area (TPSA) is 219 Å². The Morgan fingerprint density at radius 3 is 0.883 bits per heavy atom. The molecule has 0 saturated carbocycles. The zero-order valence-corrected chi connectivity index (χ0v) is 63.3. The van der Waals surface area contributed by atoms with Crippen LogP contribution in [0.5, 0.6) is 0 Å². The van der Waals surface area contributed by atoms with E-state index in [0.717, 1.165) is 122 Å². The van der Waals surface area contributed by atoms with Gasteiger partial charge >= 0.3 is 0 Å². The van der Waals surface area contributed by atoms with Crippen molar-refractivity contribution in [2.45, 2.75) is 0 Å². The van der Waals surface area contributed by atoms with E-state index < -0.39 is 0 Å². The van der Waals surface area contributed by atoms with Gasteiger partial charge in [0.05, 0.1) is 83.3 Å². The van der Waals surface area contributed by atoms with E-state index in [1.165, 1.54) is 0 Å². The predicted octanol–water partition coefficient (Wildman–Crippen LogP) is 25.3. The van der Waals surface area contributed by atoms with Gasteiger partial charge in [-0.1, -0.05) is 212 Å². The lowest BCUT2D eigenvalue weighted by atomic mass is 9.92. The lowest BCUT2D eigenvalue weighted by Gasteiger charge is -2.18. The summed E-state index contributed by atoms with van der Waals surface area (Å²) in [6.07, 6.45) is 0. The van der Waals surface area contributed by atoms with Crippen molar-refractivity contribution in [3.8, 4) is 177 Å². The summed E-state index contributed by atoms with van der Waals surface area (Å²) in [5.74, 6) is 2.61. The molecule has 550 valence electrons. The van der Waals surface area contributed by atoms with Gasteiger partial charge in [-0.05, 0) is 182 Å². The fourth-order valence-corrected chi connectivity index (χ4v) is 16.0. The van der Waals surface area contributed by atoms with Gasteiger partial charge in [-0.3, -0.25) is 0 Å². The smallest absolute Gasteiger partial charge is 0.196 e. The summed E-state index contributed by atoms with van der Waals surface area (Å²) in [7, 11) is 0. The molecule has 0 fully saturated rings. The van der Waals surface area contributed by atoms with Crippen LogP contribution >= 0.6 is 0 Å². The highest BCUT2D eigenvalue weighted by Gasteiger charge is 2.26. The molecular weight excluding hydrogens is 1470 g/mol. The second kappa shape index (κ2) is 30.4. The second-order valence-corrected chi connectivity index (χ2v) is 28.6. The van der Waals surface area contributed by atoms with Crippen LogP contribution in [0.4, 0.5) is 17.1 Å². The van der Waals surface area contributed by atoms with Crippen LogP contribution in [0.1, 0.15) is 27.8 Å². The summed E-state index contributed by atoms with van der Waals surface area (Å²) in [5.41, 5.74) is 20.9. The Kier molecular flexibility index (Phi) is 18.3. The molecule has 0 N–H and O–H groups in total. The van der Waals surface area contributed by atoms with Crippen LogP contribution in [0, 0.1) is 76.4 Å². The molecule has 120 heavy (non-hydrogen) atoms. The van der Waals surface area contributed by atoms with Gasteiger partial charge in [0.15, 0.2) is 52.0 Å². The molecule has 15 aromatic carbocycles. The monoisotopic (exact) mass is 1530 g/mol. The van der Waals surface area contributed by atoms with E-state index in [1.807, 2.05) is 194 Å². The van der Waals surface area contributed by atoms with Crippen LogP contribution in [0.2, 0.25) is 0 Å². The van der Waals surface area contributed by atoms with Gasteiger partial charge < -0.3 is 9.13 Å². The molecule has 0 amide bonds. The molecule has 0 aliphatic heterocycles. The highest BCUT2D eigenvalue weighted by atomic mass is 15.1. The molecular formula is C104H54N16. The first-order chi connectivity index (χ1) is 59.1. The summed E-state index contributed by atoms with van der Waals surface area (Å²) in [6, 6.07) is 117. The normalized spacial score (nSPS) is 10.9. The van der Waals surface area contributed by atoms with Gasteiger partial charge in [-0.15, -0.1) is 0 Å². The van der Waals surface area contributed by atoms with E-state index in [9.17, 15) is 26.3 Å². The largest absolute Gasteiger partial charge is 0.309 e. The number of rotatable bonds is 14. The summed E-state index contributed by atoms with van der Waals surface area (Å²) in [6.45, 7) is 23.8. The maximum atomic E-state index is 10.6. The molecule has 0 atom stereocenters. The minimum atomic E-state index is 0.334. The average molecular weight is 1530 g/mol. The van der Waals surface area contributed by atoms with Crippen molar-refractivity contribution in [1.82, 2.24) is 39.0 Å². The van der Waals surface area contributed by atoms with Gasteiger partial charge in [0, 0.05) is 83.0 Å². The van der Waals surface area contributed by atoms with Crippen LogP contribution < -0.4 is 0 Å². The Hall–Kier alpha value is -18.2. The minimum absolute atomic E-state index is 0.334. The van der Waals surface area contributed by atoms with Gasteiger partial charge in [0.2, 0.25) is 0 Å². The van der Waals surface area contributed by atoms with Crippen molar-refractivity contribution in [2.24, 2.45) is 0 Å².